The van der Waals surface area contributed by atoms with Gasteiger partial charge in [0.15, 0.2) is 9.84 Å². The Balaban J connectivity index is 3.82. The highest BCUT2D eigenvalue weighted by molar-refractivity contribution is 7.99. The van der Waals surface area contributed by atoms with Gasteiger partial charge in [-0.1, -0.05) is 13.8 Å². The average Bonchev–Trinajstić information content (AvgIpc) is 2.13. The Morgan fingerprint density at radius 3 is 2.36 bits per heavy atom. The summed E-state index contributed by atoms with van der Waals surface area (Å²) >= 11 is 1.78. The van der Waals surface area contributed by atoms with Crippen LogP contribution in [0.15, 0.2) is 0 Å². The van der Waals surface area contributed by atoms with Crippen molar-refractivity contribution in [3.05, 3.63) is 0 Å². The highest BCUT2D eigenvalue weighted by atomic mass is 32.2. The van der Waals surface area contributed by atoms with Gasteiger partial charge in [0.1, 0.15) is 0 Å². The van der Waals surface area contributed by atoms with Crippen LogP contribution >= 0.6 is 11.8 Å². The predicted molar refractivity (Wildman–Crippen MR) is 64.8 cm³/mol. The molecule has 0 rings (SSSR count). The van der Waals surface area contributed by atoms with E-state index in [0.717, 1.165) is 6.54 Å². The first-order valence-electron chi connectivity index (χ1n) is 4.88. The molecule has 0 aromatic carbocycles. The second-order valence-corrected chi connectivity index (χ2v) is 7.23. The maximum absolute atomic E-state index is 11.3. The SMILES string of the molecule is CCS(=O)(=O)CC(C)NCC(C)SC. The average molecular weight is 239 g/mol. The maximum Gasteiger partial charge on any atom is 0.151 e. The number of rotatable bonds is 7. The highest BCUT2D eigenvalue weighted by Gasteiger charge is 2.13. The summed E-state index contributed by atoms with van der Waals surface area (Å²) in [5.41, 5.74) is 0. The van der Waals surface area contributed by atoms with Crippen LogP contribution in [0.25, 0.3) is 0 Å². The van der Waals surface area contributed by atoms with Gasteiger partial charge in [-0.3, -0.25) is 0 Å². The van der Waals surface area contributed by atoms with Crippen molar-refractivity contribution in [2.75, 3.05) is 24.3 Å². The van der Waals surface area contributed by atoms with Gasteiger partial charge in [0.25, 0.3) is 0 Å². The molecule has 5 heteroatoms. The van der Waals surface area contributed by atoms with Crippen molar-refractivity contribution in [2.45, 2.75) is 32.1 Å². The topological polar surface area (TPSA) is 46.2 Å². The quantitative estimate of drug-likeness (QED) is 0.724. The molecule has 0 fully saturated rings. The van der Waals surface area contributed by atoms with Crippen LogP contribution in [0.1, 0.15) is 20.8 Å². The smallest absolute Gasteiger partial charge is 0.151 e. The third-order valence-electron chi connectivity index (χ3n) is 2.10. The second kappa shape index (κ2) is 6.69. The maximum atomic E-state index is 11.3. The van der Waals surface area contributed by atoms with Crippen molar-refractivity contribution in [2.24, 2.45) is 0 Å². The fraction of sp³-hybridized carbons (Fsp3) is 1.00. The lowest BCUT2D eigenvalue weighted by Gasteiger charge is -2.16. The lowest BCUT2D eigenvalue weighted by Crippen LogP contribution is -2.36. The van der Waals surface area contributed by atoms with Gasteiger partial charge < -0.3 is 5.32 Å². The Hall–Kier alpha value is 0.260. The monoisotopic (exact) mass is 239 g/mol. The summed E-state index contributed by atoms with van der Waals surface area (Å²) in [7, 11) is -2.84. The lowest BCUT2D eigenvalue weighted by atomic mass is 10.3. The number of hydrogen-bond acceptors (Lipinski definition) is 4. The Morgan fingerprint density at radius 2 is 1.93 bits per heavy atom. The Morgan fingerprint density at radius 1 is 1.36 bits per heavy atom. The third kappa shape index (κ3) is 6.68. The summed E-state index contributed by atoms with van der Waals surface area (Å²) < 4.78 is 22.6. The Bertz CT molecular complexity index is 239. The van der Waals surface area contributed by atoms with E-state index in [9.17, 15) is 8.42 Å². The largest absolute Gasteiger partial charge is 0.312 e. The first-order valence-corrected chi connectivity index (χ1v) is 7.98. The molecule has 14 heavy (non-hydrogen) atoms. The zero-order chi connectivity index (χ0) is 11.2. The van der Waals surface area contributed by atoms with Crippen LogP contribution in [-0.2, 0) is 9.84 Å². The van der Waals surface area contributed by atoms with E-state index in [2.05, 4.69) is 18.5 Å². The van der Waals surface area contributed by atoms with Crippen LogP contribution < -0.4 is 5.32 Å². The van der Waals surface area contributed by atoms with E-state index in [-0.39, 0.29) is 17.5 Å². The molecule has 0 bridgehead atoms. The summed E-state index contributed by atoms with van der Waals surface area (Å²) in [6, 6.07) is 0.0505. The second-order valence-electron chi connectivity index (χ2n) is 3.55. The normalized spacial score (nSPS) is 16.6. The molecule has 0 radical (unpaired) electrons. The van der Waals surface area contributed by atoms with Crippen LogP contribution in [0.5, 0.6) is 0 Å². The standard InChI is InChI=1S/C9H21NO2S2/c1-5-14(11,12)7-8(2)10-6-9(3)13-4/h8-10H,5-7H2,1-4H3. The molecule has 86 valence electrons. The molecule has 3 nitrogen and oxygen atoms in total. The first kappa shape index (κ1) is 14.3. The molecular weight excluding hydrogens is 218 g/mol. The van der Waals surface area contributed by atoms with Crippen molar-refractivity contribution in [1.82, 2.24) is 5.32 Å². The van der Waals surface area contributed by atoms with Gasteiger partial charge in [-0.05, 0) is 13.2 Å². The van der Waals surface area contributed by atoms with Crippen LogP contribution in [0, 0.1) is 0 Å². The summed E-state index contributed by atoms with van der Waals surface area (Å²) in [6.07, 6.45) is 2.06. The molecular formula is C9H21NO2S2. The van der Waals surface area contributed by atoms with Gasteiger partial charge in [0.2, 0.25) is 0 Å². The molecule has 1 N–H and O–H groups in total. The zero-order valence-corrected chi connectivity index (χ0v) is 11.0. The minimum absolute atomic E-state index is 0.0505. The van der Waals surface area contributed by atoms with Crippen LogP contribution in [0.4, 0.5) is 0 Å². The molecule has 0 spiro atoms. The molecule has 0 saturated heterocycles. The number of thioether (sulfide) groups is 1. The molecule has 0 aliphatic heterocycles. The summed E-state index contributed by atoms with van der Waals surface area (Å²) in [4.78, 5) is 0. The number of hydrogen-bond donors (Lipinski definition) is 1. The van der Waals surface area contributed by atoms with Crippen molar-refractivity contribution in [3.8, 4) is 0 Å². The van der Waals surface area contributed by atoms with E-state index < -0.39 is 9.84 Å². The van der Waals surface area contributed by atoms with Gasteiger partial charge in [-0.15, -0.1) is 0 Å². The third-order valence-corrected chi connectivity index (χ3v) is 4.96. The van der Waals surface area contributed by atoms with Gasteiger partial charge in [-0.2, -0.15) is 11.8 Å². The van der Waals surface area contributed by atoms with E-state index >= 15 is 0 Å². The van der Waals surface area contributed by atoms with E-state index in [1.165, 1.54) is 0 Å². The van der Waals surface area contributed by atoms with Crippen molar-refractivity contribution in [1.29, 1.82) is 0 Å². The van der Waals surface area contributed by atoms with E-state index in [1.54, 1.807) is 18.7 Å². The zero-order valence-electron chi connectivity index (χ0n) is 9.41. The van der Waals surface area contributed by atoms with Gasteiger partial charge in [0, 0.05) is 23.6 Å². The summed E-state index contributed by atoms with van der Waals surface area (Å²) in [5, 5.41) is 3.75. The Labute approximate surface area is 92.0 Å². The van der Waals surface area contributed by atoms with Gasteiger partial charge in [-0.25, -0.2) is 8.42 Å². The summed E-state index contributed by atoms with van der Waals surface area (Å²) in [5.74, 6) is 0.474. The van der Waals surface area contributed by atoms with Crippen LogP contribution in [-0.4, -0.2) is 44.0 Å². The number of sulfone groups is 1. The molecule has 0 aromatic heterocycles. The van der Waals surface area contributed by atoms with Gasteiger partial charge in [0.05, 0.1) is 5.75 Å². The lowest BCUT2D eigenvalue weighted by molar-refractivity contribution is 0.558. The summed E-state index contributed by atoms with van der Waals surface area (Å²) in [6.45, 7) is 6.59. The molecule has 0 amide bonds. The predicted octanol–water partition coefficient (Wildman–Crippen LogP) is 1.15. The van der Waals surface area contributed by atoms with Crippen LogP contribution in [0.2, 0.25) is 0 Å². The van der Waals surface area contributed by atoms with Crippen molar-refractivity contribution < 1.29 is 8.42 Å². The fourth-order valence-corrected chi connectivity index (χ4v) is 2.39. The number of nitrogens with one attached hydrogen (secondary N) is 1. The van der Waals surface area contributed by atoms with Gasteiger partial charge >= 0.3 is 0 Å². The highest BCUT2D eigenvalue weighted by Crippen LogP contribution is 2.03. The van der Waals surface area contributed by atoms with E-state index in [1.807, 2.05) is 6.92 Å². The van der Waals surface area contributed by atoms with E-state index in [0.29, 0.717) is 5.25 Å². The van der Waals surface area contributed by atoms with Crippen LogP contribution in [0.3, 0.4) is 0 Å². The molecule has 0 aromatic rings. The molecule has 0 aliphatic carbocycles. The van der Waals surface area contributed by atoms with E-state index in [4.69, 9.17) is 0 Å². The minimum Gasteiger partial charge on any atom is -0.312 e. The first-order chi connectivity index (χ1) is 6.41. The molecule has 0 saturated carbocycles. The molecule has 0 aliphatic rings. The molecule has 2 unspecified atom stereocenters. The van der Waals surface area contributed by atoms with Crippen molar-refractivity contribution in [3.63, 3.8) is 0 Å². The molecule has 0 heterocycles. The fourth-order valence-electron chi connectivity index (χ4n) is 1.01. The van der Waals surface area contributed by atoms with Crippen molar-refractivity contribution >= 4 is 21.6 Å². The Kier molecular flexibility index (Phi) is 6.81. The minimum atomic E-state index is -2.84. The molecule has 2 atom stereocenters.